The minimum Gasteiger partial charge on any atom is -0.467 e. The Morgan fingerprint density at radius 2 is 2.24 bits per heavy atom. The van der Waals surface area contributed by atoms with E-state index in [4.69, 9.17) is 9.15 Å². The molecule has 1 heterocycles. The fraction of sp³-hybridized carbons (Fsp3) is 0.692. The Balaban J connectivity index is 2.25. The lowest BCUT2D eigenvalue weighted by molar-refractivity contribution is 0.0919. The molecule has 98 valence electrons. The molecule has 1 N–H and O–H groups in total. The van der Waals surface area contributed by atoms with Crippen LogP contribution in [-0.4, -0.2) is 38.7 Å². The first-order valence-corrected chi connectivity index (χ1v) is 6.22. The maximum Gasteiger partial charge on any atom is 0.133 e. The topological polar surface area (TPSA) is 37.6 Å². The average Bonchev–Trinajstić information content (AvgIpc) is 2.72. The highest BCUT2D eigenvalue weighted by molar-refractivity contribution is 5.16. The fourth-order valence-corrected chi connectivity index (χ4v) is 1.46. The first-order chi connectivity index (χ1) is 8.24. The summed E-state index contributed by atoms with van der Waals surface area (Å²) in [6.07, 6.45) is 2.88. The summed E-state index contributed by atoms with van der Waals surface area (Å²) in [6.45, 7) is 6.28. The quantitative estimate of drug-likeness (QED) is 0.669. The SMILES string of the molecule is CCCNCc1ccoc1COCCN(C)C. The van der Waals surface area contributed by atoms with E-state index in [9.17, 15) is 0 Å². The Bertz CT molecular complexity index is 297. The summed E-state index contributed by atoms with van der Waals surface area (Å²) in [5.74, 6) is 0.937. The summed E-state index contributed by atoms with van der Waals surface area (Å²) < 4.78 is 11.0. The Kier molecular flexibility index (Phi) is 6.93. The number of ether oxygens (including phenoxy) is 1. The van der Waals surface area contributed by atoms with Crippen LogP contribution in [0.2, 0.25) is 0 Å². The lowest BCUT2D eigenvalue weighted by atomic mass is 10.2. The van der Waals surface area contributed by atoms with Crippen LogP contribution in [0.1, 0.15) is 24.7 Å². The molecule has 1 rings (SSSR count). The number of hydrogen-bond donors (Lipinski definition) is 1. The molecule has 4 nitrogen and oxygen atoms in total. The van der Waals surface area contributed by atoms with Crippen molar-refractivity contribution in [2.45, 2.75) is 26.5 Å². The van der Waals surface area contributed by atoms with E-state index in [1.165, 1.54) is 5.56 Å². The molecule has 0 bridgehead atoms. The lowest BCUT2D eigenvalue weighted by Gasteiger charge is -2.09. The first-order valence-electron chi connectivity index (χ1n) is 6.22. The van der Waals surface area contributed by atoms with Gasteiger partial charge in [0.25, 0.3) is 0 Å². The van der Waals surface area contributed by atoms with Gasteiger partial charge in [-0.2, -0.15) is 0 Å². The molecule has 1 aromatic heterocycles. The van der Waals surface area contributed by atoms with Gasteiger partial charge >= 0.3 is 0 Å². The second-order valence-electron chi connectivity index (χ2n) is 4.40. The van der Waals surface area contributed by atoms with Crippen LogP contribution >= 0.6 is 0 Å². The van der Waals surface area contributed by atoms with Crippen LogP contribution in [0.4, 0.5) is 0 Å². The van der Waals surface area contributed by atoms with Crippen molar-refractivity contribution in [1.29, 1.82) is 0 Å². The zero-order valence-electron chi connectivity index (χ0n) is 11.2. The van der Waals surface area contributed by atoms with Gasteiger partial charge in [-0.05, 0) is 33.1 Å². The molecular weight excluding hydrogens is 216 g/mol. The van der Waals surface area contributed by atoms with Crippen LogP contribution in [0, 0.1) is 0 Å². The third kappa shape index (κ3) is 5.86. The number of nitrogens with one attached hydrogen (secondary N) is 1. The van der Waals surface area contributed by atoms with Gasteiger partial charge in [-0.15, -0.1) is 0 Å². The van der Waals surface area contributed by atoms with E-state index in [1.807, 2.05) is 20.2 Å². The van der Waals surface area contributed by atoms with E-state index in [2.05, 4.69) is 17.1 Å². The number of rotatable bonds is 9. The summed E-state index contributed by atoms with van der Waals surface area (Å²) in [6, 6.07) is 2.01. The highest BCUT2D eigenvalue weighted by Gasteiger charge is 2.05. The molecular formula is C13H24N2O2. The van der Waals surface area contributed by atoms with Crippen molar-refractivity contribution in [3.8, 4) is 0 Å². The molecule has 0 spiro atoms. The molecule has 0 fully saturated rings. The molecule has 1 aromatic rings. The van der Waals surface area contributed by atoms with Crippen molar-refractivity contribution in [3.05, 3.63) is 23.7 Å². The molecule has 4 heteroatoms. The fourth-order valence-electron chi connectivity index (χ4n) is 1.46. The van der Waals surface area contributed by atoms with Crippen molar-refractivity contribution in [1.82, 2.24) is 10.2 Å². The van der Waals surface area contributed by atoms with E-state index in [0.29, 0.717) is 6.61 Å². The Morgan fingerprint density at radius 3 is 2.94 bits per heavy atom. The van der Waals surface area contributed by atoms with E-state index < -0.39 is 0 Å². The van der Waals surface area contributed by atoms with E-state index in [0.717, 1.165) is 38.4 Å². The Morgan fingerprint density at radius 1 is 1.41 bits per heavy atom. The predicted molar refractivity (Wildman–Crippen MR) is 68.9 cm³/mol. The molecule has 0 aliphatic rings. The Hall–Kier alpha value is -0.840. The van der Waals surface area contributed by atoms with E-state index >= 15 is 0 Å². The van der Waals surface area contributed by atoms with Gasteiger partial charge in [0.2, 0.25) is 0 Å². The van der Waals surface area contributed by atoms with Crippen molar-refractivity contribution >= 4 is 0 Å². The molecule has 0 aliphatic carbocycles. The molecule has 0 unspecified atom stereocenters. The van der Waals surface area contributed by atoms with Crippen LogP contribution in [0.15, 0.2) is 16.7 Å². The summed E-state index contributed by atoms with van der Waals surface area (Å²) in [5.41, 5.74) is 1.20. The highest BCUT2D eigenvalue weighted by Crippen LogP contribution is 2.11. The molecule has 0 amide bonds. The van der Waals surface area contributed by atoms with Gasteiger partial charge in [-0.1, -0.05) is 6.92 Å². The Labute approximate surface area is 104 Å². The monoisotopic (exact) mass is 240 g/mol. The average molecular weight is 240 g/mol. The molecule has 0 aromatic carbocycles. The van der Waals surface area contributed by atoms with Gasteiger partial charge in [0.05, 0.1) is 12.9 Å². The second kappa shape index (κ2) is 8.28. The smallest absolute Gasteiger partial charge is 0.133 e. The lowest BCUT2D eigenvalue weighted by Crippen LogP contribution is -2.18. The normalized spacial score (nSPS) is 11.3. The molecule has 0 saturated carbocycles. The molecule has 17 heavy (non-hydrogen) atoms. The van der Waals surface area contributed by atoms with Gasteiger partial charge in [0.15, 0.2) is 0 Å². The van der Waals surface area contributed by atoms with Gasteiger partial charge < -0.3 is 19.4 Å². The summed E-state index contributed by atoms with van der Waals surface area (Å²) >= 11 is 0. The third-order valence-corrected chi connectivity index (χ3v) is 2.50. The molecule has 0 radical (unpaired) electrons. The van der Waals surface area contributed by atoms with Crippen LogP contribution in [-0.2, 0) is 17.9 Å². The van der Waals surface area contributed by atoms with E-state index in [1.54, 1.807) is 6.26 Å². The molecule has 0 aliphatic heterocycles. The first kappa shape index (κ1) is 14.2. The van der Waals surface area contributed by atoms with Gasteiger partial charge in [-0.3, -0.25) is 0 Å². The van der Waals surface area contributed by atoms with Crippen molar-refractivity contribution in [2.24, 2.45) is 0 Å². The number of hydrogen-bond acceptors (Lipinski definition) is 4. The maximum absolute atomic E-state index is 5.57. The van der Waals surface area contributed by atoms with Gasteiger partial charge in [0.1, 0.15) is 12.4 Å². The zero-order chi connectivity index (χ0) is 12.5. The largest absolute Gasteiger partial charge is 0.467 e. The van der Waals surface area contributed by atoms with Crippen molar-refractivity contribution in [2.75, 3.05) is 33.8 Å². The minimum absolute atomic E-state index is 0.560. The second-order valence-corrected chi connectivity index (χ2v) is 4.40. The number of likely N-dealkylation sites (N-methyl/N-ethyl adjacent to an activating group) is 1. The predicted octanol–water partition coefficient (Wildman–Crippen LogP) is 1.86. The number of nitrogens with zero attached hydrogens (tertiary/aromatic N) is 1. The number of furan rings is 1. The van der Waals surface area contributed by atoms with Crippen LogP contribution in [0.5, 0.6) is 0 Å². The zero-order valence-corrected chi connectivity index (χ0v) is 11.2. The van der Waals surface area contributed by atoms with Gasteiger partial charge in [0, 0.05) is 18.7 Å². The molecule has 0 saturated heterocycles. The highest BCUT2D eigenvalue weighted by atomic mass is 16.5. The summed E-state index contributed by atoms with van der Waals surface area (Å²) in [4.78, 5) is 2.10. The minimum atomic E-state index is 0.560. The van der Waals surface area contributed by atoms with Crippen LogP contribution < -0.4 is 5.32 Å². The maximum atomic E-state index is 5.57. The van der Waals surface area contributed by atoms with E-state index in [-0.39, 0.29) is 0 Å². The van der Waals surface area contributed by atoms with Gasteiger partial charge in [-0.25, -0.2) is 0 Å². The summed E-state index contributed by atoms with van der Waals surface area (Å²) in [5, 5.41) is 3.36. The standard InChI is InChI=1S/C13H24N2O2/c1-4-6-14-10-12-5-8-17-13(12)11-16-9-7-15(2)3/h5,8,14H,4,6-7,9-11H2,1-3H3. The molecule has 0 atom stereocenters. The summed E-state index contributed by atoms with van der Waals surface area (Å²) in [7, 11) is 4.08. The van der Waals surface area contributed by atoms with Crippen molar-refractivity contribution in [3.63, 3.8) is 0 Å². The van der Waals surface area contributed by atoms with Crippen LogP contribution in [0.3, 0.4) is 0 Å². The van der Waals surface area contributed by atoms with Crippen LogP contribution in [0.25, 0.3) is 0 Å². The third-order valence-electron chi connectivity index (χ3n) is 2.50. The van der Waals surface area contributed by atoms with Crippen molar-refractivity contribution < 1.29 is 9.15 Å².